The molecule has 0 aromatic carbocycles. The third-order valence-electron chi connectivity index (χ3n) is 5.69. The van der Waals surface area contributed by atoms with Crippen LogP contribution in [0.4, 0.5) is 0 Å². The molecule has 0 aliphatic carbocycles. The van der Waals surface area contributed by atoms with E-state index in [0.717, 1.165) is 11.2 Å². The van der Waals surface area contributed by atoms with Crippen molar-refractivity contribution >= 4 is 24.7 Å². The predicted molar refractivity (Wildman–Crippen MR) is 120 cm³/mol. The van der Waals surface area contributed by atoms with Crippen LogP contribution in [-0.2, 0) is 34.5 Å². The van der Waals surface area contributed by atoms with E-state index >= 15 is 0 Å². The number of hydrogen-bond acceptors (Lipinski definition) is 10. The lowest BCUT2D eigenvalue weighted by atomic mass is 10.2. The van der Waals surface area contributed by atoms with Crippen molar-refractivity contribution in [2.24, 2.45) is 14.1 Å². The van der Waals surface area contributed by atoms with Crippen LogP contribution in [0.2, 0.25) is 0 Å². The summed E-state index contributed by atoms with van der Waals surface area (Å²) in [5.74, 6) is -0.547. The SMILES string of the molecule is Cn1cnc2c1c(=O)n(CCNC(=O)c1ccc[n+]([C@@H]3O[C@H](OP(C)(=O)[O-])[C@@H](O)[C@H]3O)c1)c(=O)n2C. The lowest BCUT2D eigenvalue weighted by molar-refractivity contribution is -0.767. The molecule has 0 saturated carbocycles. The van der Waals surface area contributed by atoms with Crippen LogP contribution in [0.1, 0.15) is 16.6 Å². The van der Waals surface area contributed by atoms with Crippen LogP contribution < -0.4 is 26.0 Å². The van der Waals surface area contributed by atoms with Crippen molar-refractivity contribution in [1.82, 2.24) is 24.0 Å². The Morgan fingerprint density at radius 2 is 2.06 bits per heavy atom. The maximum atomic E-state index is 12.8. The Labute approximate surface area is 203 Å². The highest BCUT2D eigenvalue weighted by molar-refractivity contribution is 7.50. The van der Waals surface area contributed by atoms with Crippen LogP contribution in [0.15, 0.2) is 40.4 Å². The van der Waals surface area contributed by atoms with E-state index < -0.39 is 49.5 Å². The summed E-state index contributed by atoms with van der Waals surface area (Å²) in [6.45, 7) is 0.672. The zero-order valence-electron chi connectivity index (χ0n) is 19.5. The van der Waals surface area contributed by atoms with Crippen LogP contribution in [0.25, 0.3) is 11.2 Å². The zero-order chi connectivity index (χ0) is 26.4. The first kappa shape index (κ1) is 25.9. The molecular formula is C20H25N6O9P. The number of ether oxygens (including phenoxy) is 1. The number of hydrogen-bond donors (Lipinski definition) is 3. The second-order valence-corrected chi connectivity index (χ2v) is 10.1. The lowest BCUT2D eigenvalue weighted by Gasteiger charge is -2.23. The molecule has 0 radical (unpaired) electrons. The van der Waals surface area contributed by atoms with Gasteiger partial charge in [0.15, 0.2) is 36.0 Å². The number of aliphatic hydroxyl groups excluding tert-OH is 2. The quantitative estimate of drug-likeness (QED) is 0.211. The van der Waals surface area contributed by atoms with Gasteiger partial charge in [-0.3, -0.25) is 23.5 Å². The highest BCUT2D eigenvalue weighted by Gasteiger charge is 2.49. The van der Waals surface area contributed by atoms with Gasteiger partial charge in [-0.25, -0.2) is 9.78 Å². The van der Waals surface area contributed by atoms with E-state index in [1.54, 1.807) is 7.05 Å². The molecule has 1 aliphatic rings. The maximum Gasteiger partial charge on any atom is 0.332 e. The Bertz CT molecular complexity index is 1470. The number of aromatic nitrogens is 5. The van der Waals surface area contributed by atoms with Gasteiger partial charge in [-0.2, -0.15) is 4.57 Å². The van der Waals surface area contributed by atoms with Gasteiger partial charge in [0.1, 0.15) is 19.3 Å². The van der Waals surface area contributed by atoms with Gasteiger partial charge in [0.05, 0.1) is 6.33 Å². The second-order valence-electron chi connectivity index (χ2n) is 8.37. The molecule has 194 valence electrons. The molecule has 4 rings (SSSR count). The molecule has 1 aliphatic heterocycles. The van der Waals surface area contributed by atoms with Crippen molar-refractivity contribution in [1.29, 1.82) is 0 Å². The van der Waals surface area contributed by atoms with Crippen LogP contribution in [0, 0.1) is 0 Å². The van der Waals surface area contributed by atoms with Gasteiger partial charge in [-0.1, -0.05) is 0 Å². The standard InChI is InChI=1S/C20H25N6O9P/c1-23-10-22-15-12(23)17(30)26(20(31)24(15)2)8-6-21-16(29)11-5-4-7-25(9-11)18-13(27)14(28)19(34-18)35-36(3,32)33/h4-5,7,9-10,13-14,18-19,27-28H,6,8H2,1-3H3,(H-,21,29,32,33)/t13-,14+,18-,19-/m1/s1. The van der Waals surface area contributed by atoms with Gasteiger partial charge in [-0.05, 0) is 6.07 Å². The van der Waals surface area contributed by atoms with Crippen molar-refractivity contribution in [3.05, 3.63) is 57.3 Å². The summed E-state index contributed by atoms with van der Waals surface area (Å²) in [4.78, 5) is 53.5. The first-order valence-corrected chi connectivity index (χ1v) is 12.8. The Kier molecular flexibility index (Phi) is 6.96. The Morgan fingerprint density at radius 1 is 1.33 bits per heavy atom. The molecule has 5 atom stereocenters. The highest BCUT2D eigenvalue weighted by Crippen LogP contribution is 2.38. The van der Waals surface area contributed by atoms with Crippen molar-refractivity contribution in [2.45, 2.75) is 31.3 Å². The number of aliphatic hydroxyl groups is 2. The highest BCUT2D eigenvalue weighted by atomic mass is 31.2. The summed E-state index contributed by atoms with van der Waals surface area (Å²) in [5, 5.41) is 23.0. The van der Waals surface area contributed by atoms with E-state index in [1.165, 1.54) is 51.6 Å². The largest absolute Gasteiger partial charge is 0.779 e. The topological polar surface area (TPSA) is 194 Å². The number of amides is 1. The van der Waals surface area contributed by atoms with Gasteiger partial charge in [0.2, 0.25) is 0 Å². The maximum absolute atomic E-state index is 12.8. The first-order chi connectivity index (χ1) is 16.9. The number of fused-ring (bicyclic) bond motifs is 1. The van der Waals surface area contributed by atoms with Gasteiger partial charge in [0, 0.05) is 39.9 Å². The summed E-state index contributed by atoms with van der Waals surface area (Å²) in [5.41, 5.74) is -0.455. The minimum Gasteiger partial charge on any atom is -0.779 e. The van der Waals surface area contributed by atoms with Crippen molar-refractivity contribution < 1.29 is 38.3 Å². The number of aryl methyl sites for hydroxylation is 2. The minimum atomic E-state index is -4.26. The zero-order valence-corrected chi connectivity index (χ0v) is 20.4. The summed E-state index contributed by atoms with van der Waals surface area (Å²) >= 11 is 0. The molecule has 0 bridgehead atoms. The van der Waals surface area contributed by atoms with Crippen LogP contribution in [-0.4, -0.2) is 66.5 Å². The number of pyridine rings is 1. The van der Waals surface area contributed by atoms with Crippen LogP contribution >= 0.6 is 7.60 Å². The monoisotopic (exact) mass is 524 g/mol. The fraction of sp³-hybridized carbons (Fsp3) is 0.450. The fourth-order valence-corrected chi connectivity index (χ4v) is 4.46. The van der Waals surface area contributed by atoms with Gasteiger partial charge in [-0.15, -0.1) is 0 Å². The second kappa shape index (κ2) is 9.69. The molecular weight excluding hydrogens is 499 g/mol. The van der Waals surface area contributed by atoms with Crippen molar-refractivity contribution in [3.63, 3.8) is 0 Å². The molecule has 36 heavy (non-hydrogen) atoms. The minimum absolute atomic E-state index is 0.0430. The molecule has 1 amide bonds. The van der Waals surface area contributed by atoms with Crippen molar-refractivity contribution in [2.75, 3.05) is 13.2 Å². The molecule has 16 heteroatoms. The Morgan fingerprint density at radius 3 is 2.75 bits per heavy atom. The van der Waals surface area contributed by atoms with Gasteiger partial charge >= 0.3 is 5.69 Å². The molecule has 3 aromatic rings. The lowest BCUT2D eigenvalue weighted by Crippen LogP contribution is -2.46. The normalized spacial score (nSPS) is 23.6. The number of carbonyl (C=O) groups is 1. The molecule has 0 spiro atoms. The number of rotatable bonds is 7. The summed E-state index contributed by atoms with van der Waals surface area (Å²) in [6, 6.07) is 2.96. The summed E-state index contributed by atoms with van der Waals surface area (Å²) in [6.07, 6.45) is -1.79. The molecule has 3 aromatic heterocycles. The van der Waals surface area contributed by atoms with Crippen molar-refractivity contribution in [3.8, 4) is 0 Å². The van der Waals surface area contributed by atoms with Gasteiger partial charge in [0.25, 0.3) is 17.7 Å². The number of imidazole rings is 1. The molecule has 1 unspecified atom stereocenters. The Hall–Kier alpha value is -3.20. The van der Waals surface area contributed by atoms with E-state index in [-0.39, 0.29) is 29.8 Å². The average molecular weight is 524 g/mol. The molecule has 1 saturated heterocycles. The molecule has 15 nitrogen and oxygen atoms in total. The van der Waals surface area contributed by atoms with E-state index in [1.807, 2.05) is 0 Å². The predicted octanol–water partition coefficient (Wildman–Crippen LogP) is -3.07. The number of carbonyl (C=O) groups excluding carboxylic acids is 1. The molecule has 1 fully saturated rings. The smallest absolute Gasteiger partial charge is 0.332 e. The van der Waals surface area contributed by atoms with E-state index in [4.69, 9.17) is 4.74 Å². The third kappa shape index (κ3) is 4.89. The fourth-order valence-electron chi connectivity index (χ4n) is 3.91. The molecule has 3 N–H and O–H groups in total. The van der Waals surface area contributed by atoms with Crippen LogP contribution in [0.3, 0.4) is 0 Å². The van der Waals surface area contributed by atoms with E-state index in [2.05, 4.69) is 14.8 Å². The Balaban J connectivity index is 1.46. The first-order valence-electron chi connectivity index (χ1n) is 10.8. The average Bonchev–Trinajstić information content (AvgIpc) is 3.34. The van der Waals surface area contributed by atoms with Crippen LogP contribution in [0.5, 0.6) is 0 Å². The summed E-state index contributed by atoms with van der Waals surface area (Å²) < 4.78 is 26.5. The van der Waals surface area contributed by atoms with E-state index in [0.29, 0.717) is 0 Å². The molecule has 4 heterocycles. The summed E-state index contributed by atoms with van der Waals surface area (Å²) in [7, 11) is -1.12. The van der Waals surface area contributed by atoms with E-state index in [9.17, 15) is 34.1 Å². The van der Waals surface area contributed by atoms with Gasteiger partial charge < -0.3 is 34.1 Å². The number of nitrogens with zero attached hydrogens (tertiary/aromatic N) is 5. The third-order valence-corrected chi connectivity index (χ3v) is 6.28. The number of nitrogens with one attached hydrogen (secondary N) is 1.